The number of carbonyl (C=O) groups excluding carboxylic acids is 3. The van der Waals surface area contributed by atoms with Crippen LogP contribution in [0.2, 0.25) is 5.15 Å². The highest BCUT2D eigenvalue weighted by atomic mass is 35.5. The van der Waals surface area contributed by atoms with Crippen LogP contribution in [0.3, 0.4) is 0 Å². The van der Waals surface area contributed by atoms with Gasteiger partial charge >= 0.3 is 17.9 Å². The Bertz CT molecular complexity index is 1140. The van der Waals surface area contributed by atoms with Gasteiger partial charge in [0.25, 0.3) is 0 Å². The molecule has 3 heterocycles. The van der Waals surface area contributed by atoms with Crippen molar-refractivity contribution < 1.29 is 33.3 Å². The van der Waals surface area contributed by atoms with E-state index in [0.29, 0.717) is 24.0 Å². The van der Waals surface area contributed by atoms with E-state index < -0.39 is 46.9 Å². The van der Waals surface area contributed by atoms with Gasteiger partial charge in [0.1, 0.15) is 24.1 Å². The zero-order chi connectivity index (χ0) is 22.2. The molecule has 1 spiro atoms. The lowest BCUT2D eigenvalue weighted by molar-refractivity contribution is -0.194. The maximum atomic E-state index is 12.1. The third kappa shape index (κ3) is 2.33. The molecule has 3 fully saturated rings. The molecule has 11 nitrogen and oxygen atoms in total. The number of hydrogen-bond donors (Lipinski definition) is 0. The number of fused-ring (bicyclic) bond motifs is 2. The highest BCUT2D eigenvalue weighted by Crippen LogP contribution is 2.86. The van der Waals surface area contributed by atoms with E-state index >= 15 is 0 Å². The van der Waals surface area contributed by atoms with E-state index in [9.17, 15) is 14.4 Å². The van der Waals surface area contributed by atoms with Crippen molar-refractivity contribution in [2.45, 2.75) is 57.1 Å². The number of hydrogen-bond acceptors (Lipinski definition) is 10. The normalized spacial score (nSPS) is 35.0. The van der Waals surface area contributed by atoms with Crippen LogP contribution in [0.4, 0.5) is 0 Å². The number of nitrogens with zero attached hydrogens (tertiary/aromatic N) is 4. The average Bonchev–Trinajstić information content (AvgIpc) is 3.06. The van der Waals surface area contributed by atoms with E-state index in [1.165, 1.54) is 33.4 Å². The molecule has 0 radical (unpaired) electrons. The molecule has 3 aliphatic rings. The first-order valence-corrected chi connectivity index (χ1v) is 10.1. The number of imidazole rings is 1. The molecule has 2 aromatic heterocycles. The van der Waals surface area contributed by atoms with Gasteiger partial charge in [0.15, 0.2) is 28.7 Å². The number of ether oxygens (including phenoxy) is 4. The zero-order valence-electron chi connectivity index (χ0n) is 17.0. The molecule has 2 aliphatic carbocycles. The van der Waals surface area contributed by atoms with Gasteiger partial charge in [-0.3, -0.25) is 19.0 Å². The number of halogens is 1. The first-order valence-electron chi connectivity index (χ1n) is 9.70. The third-order valence-electron chi connectivity index (χ3n) is 6.61. The van der Waals surface area contributed by atoms with Crippen LogP contribution in [0.15, 0.2) is 12.7 Å². The van der Waals surface area contributed by atoms with Crippen molar-refractivity contribution in [2.75, 3.05) is 6.61 Å². The Labute approximate surface area is 181 Å². The van der Waals surface area contributed by atoms with Crippen molar-refractivity contribution in [2.24, 2.45) is 5.41 Å². The van der Waals surface area contributed by atoms with Crippen LogP contribution in [0, 0.1) is 5.41 Å². The fraction of sp³-hybridized carbons (Fsp3) is 0.579. The molecule has 1 aliphatic heterocycles. The molecule has 5 atom stereocenters. The van der Waals surface area contributed by atoms with Crippen LogP contribution in [-0.4, -0.2) is 61.3 Å². The van der Waals surface area contributed by atoms with Crippen molar-refractivity contribution in [3.05, 3.63) is 17.8 Å². The number of aromatic nitrogens is 4. The van der Waals surface area contributed by atoms with Gasteiger partial charge in [0, 0.05) is 20.8 Å². The molecule has 164 valence electrons. The van der Waals surface area contributed by atoms with Gasteiger partial charge in [-0.1, -0.05) is 11.6 Å². The molecular weight excluding hydrogens is 432 g/mol. The highest BCUT2D eigenvalue weighted by Gasteiger charge is 3.03. The Morgan fingerprint density at radius 2 is 1.94 bits per heavy atom. The van der Waals surface area contributed by atoms with Gasteiger partial charge in [-0.25, -0.2) is 15.0 Å². The Kier molecular flexibility index (Phi) is 4.13. The Hall–Kier alpha value is -2.79. The van der Waals surface area contributed by atoms with E-state index in [1.54, 1.807) is 4.57 Å². The predicted molar refractivity (Wildman–Crippen MR) is 102 cm³/mol. The molecule has 2 aromatic rings. The van der Waals surface area contributed by atoms with Gasteiger partial charge in [-0.2, -0.15) is 0 Å². The van der Waals surface area contributed by atoms with Crippen LogP contribution in [-0.2, 0) is 33.3 Å². The van der Waals surface area contributed by atoms with E-state index in [0.717, 1.165) is 0 Å². The Morgan fingerprint density at radius 3 is 2.55 bits per heavy atom. The molecule has 5 rings (SSSR count). The van der Waals surface area contributed by atoms with Gasteiger partial charge in [-0.15, -0.1) is 0 Å². The number of carbonyl (C=O) groups is 3. The van der Waals surface area contributed by atoms with E-state index in [2.05, 4.69) is 15.0 Å². The molecule has 0 bridgehead atoms. The molecule has 0 amide bonds. The minimum absolute atomic E-state index is 0.0151. The lowest BCUT2D eigenvalue weighted by atomic mass is 9.81. The summed E-state index contributed by atoms with van der Waals surface area (Å²) in [6.07, 6.45) is 1.97. The maximum absolute atomic E-state index is 12.1. The second-order valence-electron chi connectivity index (χ2n) is 8.05. The fourth-order valence-corrected chi connectivity index (χ4v) is 5.68. The Balaban J connectivity index is 1.62. The minimum Gasteiger partial charge on any atom is -0.465 e. The molecule has 0 aromatic carbocycles. The van der Waals surface area contributed by atoms with Crippen molar-refractivity contribution >= 4 is 40.7 Å². The molecule has 0 N–H and O–H groups in total. The Morgan fingerprint density at radius 1 is 1.16 bits per heavy atom. The molecule has 12 heteroatoms. The second kappa shape index (κ2) is 6.36. The first-order chi connectivity index (χ1) is 14.7. The SMILES string of the molecule is CC(=O)OC[C@@]12CC[C@@]13OC(n1cnc4c(Cl)ncnc41)C(OC(C)=O)C23OC(C)=O. The lowest BCUT2D eigenvalue weighted by Crippen LogP contribution is -2.46. The monoisotopic (exact) mass is 450 g/mol. The second-order valence-corrected chi connectivity index (χ2v) is 8.40. The van der Waals surface area contributed by atoms with Gasteiger partial charge in [-0.05, 0) is 12.8 Å². The molecular formula is C19H19ClN4O7. The maximum Gasteiger partial charge on any atom is 0.303 e. The first kappa shape index (κ1) is 20.1. The summed E-state index contributed by atoms with van der Waals surface area (Å²) in [4.78, 5) is 48.1. The van der Waals surface area contributed by atoms with Crippen LogP contribution >= 0.6 is 11.6 Å². The summed E-state index contributed by atoms with van der Waals surface area (Å²) < 4.78 is 24.8. The summed E-state index contributed by atoms with van der Waals surface area (Å²) in [5.74, 6) is -1.60. The van der Waals surface area contributed by atoms with Crippen LogP contribution in [0.25, 0.3) is 11.2 Å². The third-order valence-corrected chi connectivity index (χ3v) is 6.89. The summed E-state index contributed by atoms with van der Waals surface area (Å²) in [5.41, 5.74) is -2.32. The smallest absolute Gasteiger partial charge is 0.303 e. The molecule has 31 heavy (non-hydrogen) atoms. The quantitative estimate of drug-likeness (QED) is 0.373. The van der Waals surface area contributed by atoms with Gasteiger partial charge in [0.2, 0.25) is 0 Å². The predicted octanol–water partition coefficient (Wildman–Crippen LogP) is 1.34. The molecule has 2 saturated carbocycles. The number of rotatable bonds is 5. The number of esters is 3. The van der Waals surface area contributed by atoms with Gasteiger partial charge < -0.3 is 18.9 Å². The summed E-state index contributed by atoms with van der Waals surface area (Å²) in [7, 11) is 0. The zero-order valence-corrected chi connectivity index (χ0v) is 17.7. The van der Waals surface area contributed by atoms with Crippen molar-refractivity contribution in [3.8, 4) is 0 Å². The highest BCUT2D eigenvalue weighted by molar-refractivity contribution is 6.33. The standard InChI is InChI=1S/C19H19ClN4O7/c1-9(25)28-6-17-4-5-18(17)19(17,30-11(3)27)13(29-10(2)26)16(31-18)24-8-23-12-14(20)21-7-22-15(12)24/h7-8,13,16H,4-6H2,1-3H3/t13?,16?,17-,18+,19?/m0/s1. The van der Waals surface area contributed by atoms with Crippen molar-refractivity contribution in [3.63, 3.8) is 0 Å². The van der Waals surface area contributed by atoms with Crippen molar-refractivity contribution in [1.82, 2.24) is 19.5 Å². The molecule has 1 saturated heterocycles. The minimum atomic E-state index is -1.30. The van der Waals surface area contributed by atoms with Crippen molar-refractivity contribution in [1.29, 1.82) is 0 Å². The summed E-state index contributed by atoms with van der Waals surface area (Å²) >= 11 is 6.12. The summed E-state index contributed by atoms with van der Waals surface area (Å²) in [6.45, 7) is 3.82. The van der Waals surface area contributed by atoms with Crippen LogP contribution in [0.1, 0.15) is 39.8 Å². The lowest BCUT2D eigenvalue weighted by Gasteiger charge is -2.38. The largest absolute Gasteiger partial charge is 0.465 e. The summed E-state index contributed by atoms with van der Waals surface area (Å²) in [5, 5.41) is 0.164. The van der Waals surface area contributed by atoms with E-state index in [1.807, 2.05) is 0 Å². The van der Waals surface area contributed by atoms with Crippen LogP contribution in [0.5, 0.6) is 0 Å². The fourth-order valence-electron chi connectivity index (χ4n) is 5.50. The van der Waals surface area contributed by atoms with E-state index in [-0.39, 0.29) is 11.8 Å². The average molecular weight is 451 g/mol. The van der Waals surface area contributed by atoms with E-state index in [4.69, 9.17) is 30.5 Å². The topological polar surface area (TPSA) is 132 Å². The summed E-state index contributed by atoms with van der Waals surface area (Å²) in [6, 6.07) is 0. The molecule has 3 unspecified atom stereocenters. The van der Waals surface area contributed by atoms with Gasteiger partial charge in [0.05, 0.1) is 11.7 Å². The van der Waals surface area contributed by atoms with Crippen LogP contribution < -0.4 is 0 Å².